The maximum Gasteiger partial charge on any atom is 0.226 e. The number of aryl methyl sites for hydroxylation is 1. The van der Waals surface area contributed by atoms with Crippen molar-refractivity contribution in [2.24, 2.45) is 0 Å². The molecular formula is C16H25NO2. The summed E-state index contributed by atoms with van der Waals surface area (Å²) in [5, 5.41) is 8.80. The van der Waals surface area contributed by atoms with Crippen LogP contribution in [0.1, 0.15) is 44.7 Å². The predicted molar refractivity (Wildman–Crippen MR) is 79.6 cm³/mol. The summed E-state index contributed by atoms with van der Waals surface area (Å²) in [5.41, 5.74) is 3.33. The molecular weight excluding hydrogens is 238 g/mol. The molecule has 19 heavy (non-hydrogen) atoms. The van der Waals surface area contributed by atoms with Crippen LogP contribution >= 0.6 is 0 Å². The molecule has 3 heteroatoms. The molecule has 0 heterocycles. The number of rotatable bonds is 4. The van der Waals surface area contributed by atoms with E-state index in [0.717, 1.165) is 11.3 Å². The van der Waals surface area contributed by atoms with Crippen molar-refractivity contribution in [1.82, 2.24) is 0 Å². The van der Waals surface area contributed by atoms with Crippen LogP contribution in [-0.2, 0) is 10.2 Å². The number of amides is 1. The summed E-state index contributed by atoms with van der Waals surface area (Å²) in [6.07, 6.45) is 0.896. The molecule has 1 amide bonds. The minimum absolute atomic E-state index is 0.0446. The first kappa shape index (κ1) is 15.7. The molecule has 106 valence electrons. The van der Waals surface area contributed by atoms with Crippen molar-refractivity contribution in [2.45, 2.75) is 46.0 Å². The summed E-state index contributed by atoms with van der Waals surface area (Å²) in [6.45, 7) is 8.55. The van der Waals surface area contributed by atoms with Crippen molar-refractivity contribution in [3.63, 3.8) is 0 Å². The smallest absolute Gasteiger partial charge is 0.226 e. The lowest BCUT2D eigenvalue weighted by molar-refractivity contribution is -0.118. The molecule has 0 atom stereocenters. The van der Waals surface area contributed by atoms with Gasteiger partial charge in [0.2, 0.25) is 5.91 Å². The van der Waals surface area contributed by atoms with E-state index in [1.807, 2.05) is 6.92 Å². The summed E-state index contributed by atoms with van der Waals surface area (Å²) < 4.78 is 0. The summed E-state index contributed by atoms with van der Waals surface area (Å²) in [7, 11) is 1.80. The Balaban J connectivity index is 3.02. The van der Waals surface area contributed by atoms with Gasteiger partial charge in [0.25, 0.3) is 0 Å². The molecule has 0 spiro atoms. The van der Waals surface area contributed by atoms with E-state index in [4.69, 9.17) is 5.11 Å². The van der Waals surface area contributed by atoms with Crippen LogP contribution in [0.3, 0.4) is 0 Å². The van der Waals surface area contributed by atoms with E-state index in [0.29, 0.717) is 12.8 Å². The monoisotopic (exact) mass is 263 g/mol. The number of anilines is 1. The largest absolute Gasteiger partial charge is 0.396 e. The van der Waals surface area contributed by atoms with Gasteiger partial charge in [-0.3, -0.25) is 4.79 Å². The van der Waals surface area contributed by atoms with E-state index in [-0.39, 0.29) is 17.9 Å². The second kappa shape index (κ2) is 6.20. The fourth-order valence-corrected chi connectivity index (χ4v) is 1.97. The Hall–Kier alpha value is -1.35. The van der Waals surface area contributed by atoms with Gasteiger partial charge in [-0.2, -0.15) is 0 Å². The Kier molecular flexibility index (Phi) is 5.12. The lowest BCUT2D eigenvalue weighted by Crippen LogP contribution is -2.27. The SMILES string of the molecule is Cc1ccc(C(C)(C)C)cc1N(C)C(=O)CCCO. The Morgan fingerprint density at radius 3 is 2.47 bits per heavy atom. The number of hydrogen-bond acceptors (Lipinski definition) is 2. The molecule has 0 unspecified atom stereocenters. The standard InChI is InChI=1S/C16H25NO2/c1-12-8-9-13(16(2,3)4)11-14(12)17(5)15(19)7-6-10-18/h8-9,11,18H,6-7,10H2,1-5H3. The summed E-state index contributed by atoms with van der Waals surface area (Å²) in [6, 6.07) is 6.27. The van der Waals surface area contributed by atoms with E-state index in [2.05, 4.69) is 39.0 Å². The second-order valence-corrected chi connectivity index (χ2v) is 6.03. The van der Waals surface area contributed by atoms with Gasteiger partial charge in [-0.05, 0) is 36.0 Å². The Labute approximate surface area is 116 Å². The molecule has 3 nitrogen and oxygen atoms in total. The zero-order valence-electron chi connectivity index (χ0n) is 12.7. The number of hydrogen-bond donors (Lipinski definition) is 1. The number of aliphatic hydroxyl groups is 1. The number of aliphatic hydroxyl groups excluding tert-OH is 1. The summed E-state index contributed by atoms with van der Waals surface area (Å²) in [4.78, 5) is 13.7. The van der Waals surface area contributed by atoms with E-state index in [9.17, 15) is 4.79 Å². The van der Waals surface area contributed by atoms with Gasteiger partial charge in [0.1, 0.15) is 0 Å². The van der Waals surface area contributed by atoms with Gasteiger partial charge in [-0.15, -0.1) is 0 Å². The Bertz CT molecular complexity index is 447. The molecule has 0 radical (unpaired) electrons. The number of nitrogens with zero attached hydrogens (tertiary/aromatic N) is 1. The predicted octanol–water partition coefficient (Wildman–Crippen LogP) is 3.03. The van der Waals surface area contributed by atoms with Crippen molar-refractivity contribution in [2.75, 3.05) is 18.6 Å². The fourth-order valence-electron chi connectivity index (χ4n) is 1.97. The van der Waals surface area contributed by atoms with Gasteiger partial charge >= 0.3 is 0 Å². The molecule has 0 aromatic heterocycles. The van der Waals surface area contributed by atoms with E-state index >= 15 is 0 Å². The van der Waals surface area contributed by atoms with Gasteiger partial charge in [-0.1, -0.05) is 32.9 Å². The average molecular weight is 263 g/mol. The lowest BCUT2D eigenvalue weighted by atomic mass is 9.86. The minimum Gasteiger partial charge on any atom is -0.396 e. The first-order valence-corrected chi connectivity index (χ1v) is 6.76. The van der Waals surface area contributed by atoms with Crippen LogP contribution < -0.4 is 4.90 Å². The zero-order valence-corrected chi connectivity index (χ0v) is 12.7. The van der Waals surface area contributed by atoms with Gasteiger partial charge in [0.15, 0.2) is 0 Å². The number of benzene rings is 1. The molecule has 1 N–H and O–H groups in total. The highest BCUT2D eigenvalue weighted by Gasteiger charge is 2.18. The van der Waals surface area contributed by atoms with Gasteiger partial charge in [0.05, 0.1) is 0 Å². The first-order chi connectivity index (χ1) is 8.77. The molecule has 0 aliphatic heterocycles. The molecule has 0 bridgehead atoms. The van der Waals surface area contributed by atoms with Crippen LogP contribution in [-0.4, -0.2) is 24.7 Å². The molecule has 1 aromatic carbocycles. The van der Waals surface area contributed by atoms with Crippen molar-refractivity contribution in [1.29, 1.82) is 0 Å². The Morgan fingerprint density at radius 2 is 1.95 bits per heavy atom. The van der Waals surface area contributed by atoms with Gasteiger partial charge in [0, 0.05) is 25.8 Å². The van der Waals surface area contributed by atoms with Crippen molar-refractivity contribution >= 4 is 11.6 Å². The third-order valence-electron chi connectivity index (χ3n) is 3.36. The highest BCUT2D eigenvalue weighted by atomic mass is 16.3. The number of carbonyl (C=O) groups excluding carboxylic acids is 1. The molecule has 0 fully saturated rings. The third kappa shape index (κ3) is 4.06. The highest BCUT2D eigenvalue weighted by molar-refractivity contribution is 5.93. The maximum atomic E-state index is 12.0. The molecule has 1 aromatic rings. The van der Waals surface area contributed by atoms with Crippen molar-refractivity contribution in [3.05, 3.63) is 29.3 Å². The maximum absolute atomic E-state index is 12.0. The number of carbonyl (C=O) groups is 1. The molecule has 0 aliphatic carbocycles. The van der Waals surface area contributed by atoms with Crippen molar-refractivity contribution < 1.29 is 9.90 Å². The van der Waals surface area contributed by atoms with Gasteiger partial charge < -0.3 is 10.0 Å². The first-order valence-electron chi connectivity index (χ1n) is 6.76. The average Bonchev–Trinajstić information content (AvgIpc) is 2.34. The summed E-state index contributed by atoms with van der Waals surface area (Å²) in [5.74, 6) is 0.0446. The van der Waals surface area contributed by atoms with Crippen LogP contribution in [0.5, 0.6) is 0 Å². The second-order valence-electron chi connectivity index (χ2n) is 6.03. The topological polar surface area (TPSA) is 40.5 Å². The fraction of sp³-hybridized carbons (Fsp3) is 0.562. The van der Waals surface area contributed by atoms with Crippen molar-refractivity contribution in [3.8, 4) is 0 Å². The quantitative estimate of drug-likeness (QED) is 0.907. The molecule has 0 saturated carbocycles. The third-order valence-corrected chi connectivity index (χ3v) is 3.36. The van der Waals surface area contributed by atoms with E-state index in [1.165, 1.54) is 5.56 Å². The summed E-state index contributed by atoms with van der Waals surface area (Å²) >= 11 is 0. The molecule has 0 saturated heterocycles. The lowest BCUT2D eigenvalue weighted by Gasteiger charge is -2.25. The molecule has 0 aliphatic rings. The van der Waals surface area contributed by atoms with E-state index in [1.54, 1.807) is 11.9 Å². The van der Waals surface area contributed by atoms with Crippen LogP contribution in [0.2, 0.25) is 0 Å². The van der Waals surface area contributed by atoms with Crippen LogP contribution in [0.4, 0.5) is 5.69 Å². The Morgan fingerprint density at radius 1 is 1.32 bits per heavy atom. The molecule has 1 rings (SSSR count). The zero-order chi connectivity index (χ0) is 14.6. The van der Waals surface area contributed by atoms with E-state index < -0.39 is 0 Å². The normalized spacial score (nSPS) is 11.5. The van der Waals surface area contributed by atoms with Gasteiger partial charge in [-0.25, -0.2) is 0 Å². The highest BCUT2D eigenvalue weighted by Crippen LogP contribution is 2.28. The minimum atomic E-state index is 0.0446. The van der Waals surface area contributed by atoms with Crippen LogP contribution in [0, 0.1) is 6.92 Å². The van der Waals surface area contributed by atoms with Crippen LogP contribution in [0.25, 0.3) is 0 Å². The van der Waals surface area contributed by atoms with Crippen LogP contribution in [0.15, 0.2) is 18.2 Å².